The second-order valence-corrected chi connectivity index (χ2v) is 9.33. The molecule has 0 saturated carbocycles. The van der Waals surface area contributed by atoms with Crippen LogP contribution in [-0.4, -0.2) is 23.8 Å². The predicted molar refractivity (Wildman–Crippen MR) is 136 cm³/mol. The minimum atomic E-state index is -0.800. The quantitative estimate of drug-likeness (QED) is 0.449. The van der Waals surface area contributed by atoms with Crippen molar-refractivity contribution in [2.24, 2.45) is 0 Å². The molecule has 0 aromatic heterocycles. The Bertz CT molecular complexity index is 1200. The monoisotopic (exact) mass is 473 g/mol. The Morgan fingerprint density at radius 2 is 1.34 bits per heavy atom. The van der Waals surface area contributed by atoms with Gasteiger partial charge in [-0.15, -0.1) is 0 Å². The predicted octanol–water partition coefficient (Wildman–Crippen LogP) is 4.77. The van der Waals surface area contributed by atoms with Gasteiger partial charge in [-0.2, -0.15) is 0 Å². The van der Waals surface area contributed by atoms with Crippen molar-refractivity contribution >= 4 is 23.4 Å². The summed E-state index contributed by atoms with van der Waals surface area (Å²) in [6.45, 7) is 9.83. The third-order valence-electron chi connectivity index (χ3n) is 5.48. The Labute approximate surface area is 205 Å². The standard InChI is InChI=1S/C28H31N3O4/c1-18-8-6-7-9-24(18)35-19(2)25(32)30-31-27(34)21-12-16-23(17-13-21)29-26(33)20-10-14-22(15-11-20)28(3,4)5/h6-17,19H,1-5H3,(H,29,33)(H,30,32)(H,31,34). The van der Waals surface area contributed by atoms with Gasteiger partial charge in [0.25, 0.3) is 17.7 Å². The summed E-state index contributed by atoms with van der Waals surface area (Å²) in [5.74, 6) is -0.609. The van der Waals surface area contributed by atoms with Gasteiger partial charge in [-0.25, -0.2) is 0 Å². The van der Waals surface area contributed by atoms with Crippen LogP contribution in [0, 0.1) is 6.92 Å². The highest BCUT2D eigenvalue weighted by atomic mass is 16.5. The first-order valence-corrected chi connectivity index (χ1v) is 11.4. The van der Waals surface area contributed by atoms with Crippen molar-refractivity contribution in [3.63, 3.8) is 0 Å². The van der Waals surface area contributed by atoms with Crippen molar-refractivity contribution in [1.82, 2.24) is 10.9 Å². The van der Waals surface area contributed by atoms with E-state index in [-0.39, 0.29) is 11.3 Å². The first kappa shape index (κ1) is 25.5. The zero-order chi connectivity index (χ0) is 25.6. The number of benzene rings is 3. The number of aryl methyl sites for hydroxylation is 1. The molecule has 3 rings (SSSR count). The van der Waals surface area contributed by atoms with Gasteiger partial charge in [0.2, 0.25) is 0 Å². The third kappa shape index (κ3) is 6.93. The molecule has 0 aliphatic carbocycles. The Kier molecular flexibility index (Phi) is 7.91. The van der Waals surface area contributed by atoms with Crippen LogP contribution in [-0.2, 0) is 10.2 Å². The fourth-order valence-electron chi connectivity index (χ4n) is 3.25. The van der Waals surface area contributed by atoms with Gasteiger partial charge in [0.15, 0.2) is 6.10 Å². The normalized spacial score (nSPS) is 11.8. The van der Waals surface area contributed by atoms with E-state index in [1.54, 1.807) is 49.4 Å². The molecule has 0 heterocycles. The molecule has 3 N–H and O–H groups in total. The van der Waals surface area contributed by atoms with Crippen molar-refractivity contribution in [1.29, 1.82) is 0 Å². The first-order chi connectivity index (χ1) is 16.5. The van der Waals surface area contributed by atoms with Gasteiger partial charge in [-0.3, -0.25) is 25.2 Å². The number of nitrogens with one attached hydrogen (secondary N) is 3. The summed E-state index contributed by atoms with van der Waals surface area (Å²) >= 11 is 0. The lowest BCUT2D eigenvalue weighted by atomic mass is 9.87. The summed E-state index contributed by atoms with van der Waals surface area (Å²) < 4.78 is 5.65. The second-order valence-electron chi connectivity index (χ2n) is 9.33. The van der Waals surface area contributed by atoms with Crippen LogP contribution in [0.2, 0.25) is 0 Å². The van der Waals surface area contributed by atoms with Gasteiger partial charge < -0.3 is 10.1 Å². The lowest BCUT2D eigenvalue weighted by Crippen LogP contribution is -2.47. The highest BCUT2D eigenvalue weighted by molar-refractivity contribution is 6.04. The minimum absolute atomic E-state index is 0.0108. The van der Waals surface area contributed by atoms with E-state index in [1.165, 1.54) is 0 Å². The van der Waals surface area contributed by atoms with Crippen LogP contribution in [0.3, 0.4) is 0 Å². The number of hydrogen-bond acceptors (Lipinski definition) is 4. The molecule has 0 aliphatic heterocycles. The molecule has 7 heteroatoms. The molecular weight excluding hydrogens is 442 g/mol. The van der Waals surface area contributed by atoms with E-state index in [2.05, 4.69) is 36.9 Å². The Balaban J connectivity index is 1.51. The molecule has 0 saturated heterocycles. The average molecular weight is 474 g/mol. The number of carbonyl (C=O) groups is 3. The number of amides is 3. The molecule has 3 aromatic rings. The van der Waals surface area contributed by atoms with Crippen LogP contribution < -0.4 is 20.9 Å². The number of para-hydroxylation sites is 1. The fraction of sp³-hybridized carbons (Fsp3) is 0.250. The summed E-state index contributed by atoms with van der Waals surface area (Å²) in [5, 5.41) is 2.82. The molecule has 0 fully saturated rings. The van der Waals surface area contributed by atoms with E-state index in [0.717, 1.165) is 11.1 Å². The van der Waals surface area contributed by atoms with E-state index in [1.807, 2.05) is 37.3 Å². The number of carbonyl (C=O) groups excluding carboxylic acids is 3. The highest BCUT2D eigenvalue weighted by Crippen LogP contribution is 2.22. The average Bonchev–Trinajstić information content (AvgIpc) is 2.83. The van der Waals surface area contributed by atoms with Gasteiger partial charge in [-0.05, 0) is 72.9 Å². The fourth-order valence-corrected chi connectivity index (χ4v) is 3.25. The molecule has 0 aliphatic rings. The molecule has 0 spiro atoms. The number of hydrogen-bond donors (Lipinski definition) is 3. The maximum absolute atomic E-state index is 12.5. The summed E-state index contributed by atoms with van der Waals surface area (Å²) in [6.07, 6.45) is -0.800. The number of anilines is 1. The highest BCUT2D eigenvalue weighted by Gasteiger charge is 2.17. The van der Waals surface area contributed by atoms with Crippen molar-refractivity contribution in [2.75, 3.05) is 5.32 Å². The third-order valence-corrected chi connectivity index (χ3v) is 5.48. The van der Waals surface area contributed by atoms with Crippen LogP contribution in [0.15, 0.2) is 72.8 Å². The maximum atomic E-state index is 12.5. The zero-order valence-corrected chi connectivity index (χ0v) is 20.6. The molecule has 182 valence electrons. The van der Waals surface area contributed by atoms with Crippen molar-refractivity contribution in [3.05, 3.63) is 95.1 Å². The van der Waals surface area contributed by atoms with Gasteiger partial charge in [0.05, 0.1) is 0 Å². The number of rotatable bonds is 6. The van der Waals surface area contributed by atoms with Crippen LogP contribution in [0.25, 0.3) is 0 Å². The molecule has 0 bridgehead atoms. The molecule has 7 nitrogen and oxygen atoms in total. The summed E-state index contributed by atoms with van der Waals surface area (Å²) in [6, 6.07) is 21.2. The van der Waals surface area contributed by atoms with Crippen LogP contribution >= 0.6 is 0 Å². The molecule has 1 atom stereocenters. The number of ether oxygens (including phenoxy) is 1. The van der Waals surface area contributed by atoms with Crippen molar-refractivity contribution in [2.45, 2.75) is 46.1 Å². The summed E-state index contributed by atoms with van der Waals surface area (Å²) in [5.41, 5.74) is 8.23. The lowest BCUT2D eigenvalue weighted by molar-refractivity contribution is -0.128. The summed E-state index contributed by atoms with van der Waals surface area (Å²) in [4.78, 5) is 37.2. The Hall–Kier alpha value is -4.13. The maximum Gasteiger partial charge on any atom is 0.279 e. The minimum Gasteiger partial charge on any atom is -0.481 e. The van der Waals surface area contributed by atoms with E-state index in [0.29, 0.717) is 22.6 Å². The zero-order valence-electron chi connectivity index (χ0n) is 20.6. The Morgan fingerprint density at radius 3 is 1.94 bits per heavy atom. The van der Waals surface area contributed by atoms with Crippen molar-refractivity contribution in [3.8, 4) is 5.75 Å². The van der Waals surface area contributed by atoms with E-state index in [4.69, 9.17) is 4.74 Å². The molecule has 35 heavy (non-hydrogen) atoms. The smallest absolute Gasteiger partial charge is 0.279 e. The van der Waals surface area contributed by atoms with E-state index in [9.17, 15) is 14.4 Å². The van der Waals surface area contributed by atoms with Gasteiger partial charge in [-0.1, -0.05) is 51.1 Å². The van der Waals surface area contributed by atoms with Gasteiger partial charge in [0, 0.05) is 16.8 Å². The largest absolute Gasteiger partial charge is 0.481 e. The molecule has 3 aromatic carbocycles. The molecule has 3 amide bonds. The molecule has 0 radical (unpaired) electrons. The number of hydrazine groups is 1. The lowest BCUT2D eigenvalue weighted by Gasteiger charge is -2.19. The van der Waals surface area contributed by atoms with Gasteiger partial charge in [0.1, 0.15) is 5.75 Å². The topological polar surface area (TPSA) is 96.5 Å². The Morgan fingerprint density at radius 1 is 0.771 bits per heavy atom. The van der Waals surface area contributed by atoms with Crippen LogP contribution in [0.4, 0.5) is 5.69 Å². The summed E-state index contributed by atoms with van der Waals surface area (Å²) in [7, 11) is 0. The first-order valence-electron chi connectivity index (χ1n) is 11.4. The van der Waals surface area contributed by atoms with Crippen molar-refractivity contribution < 1.29 is 19.1 Å². The van der Waals surface area contributed by atoms with E-state index < -0.39 is 17.9 Å². The SMILES string of the molecule is Cc1ccccc1OC(C)C(=O)NNC(=O)c1ccc(NC(=O)c2ccc(C(C)(C)C)cc2)cc1. The van der Waals surface area contributed by atoms with Gasteiger partial charge >= 0.3 is 0 Å². The van der Waals surface area contributed by atoms with E-state index >= 15 is 0 Å². The van der Waals surface area contributed by atoms with Crippen LogP contribution in [0.5, 0.6) is 5.75 Å². The van der Waals surface area contributed by atoms with Crippen LogP contribution in [0.1, 0.15) is 59.5 Å². The second kappa shape index (κ2) is 10.9. The molecule has 1 unspecified atom stereocenters. The molecular formula is C28H31N3O4.